The van der Waals surface area contributed by atoms with Crippen LogP contribution in [0.2, 0.25) is 0 Å². The first-order valence-corrected chi connectivity index (χ1v) is 3.24. The van der Waals surface area contributed by atoms with E-state index in [9.17, 15) is 4.79 Å². The maximum Gasteiger partial charge on any atom is 0.226 e. The Balaban J connectivity index is 2.86. The summed E-state index contributed by atoms with van der Waals surface area (Å²) in [5.74, 6) is 0.235. The Bertz CT molecular complexity index is 271. The molecule has 1 rings (SSSR count). The van der Waals surface area contributed by atoms with E-state index in [0.717, 1.165) is 5.56 Å². The molecule has 0 aliphatic rings. The number of nitrogens with one attached hydrogen (secondary N) is 1. The average Bonchev–Trinajstić information content (AvgIpc) is 1.93. The van der Waals surface area contributed by atoms with E-state index in [1.165, 1.54) is 0 Å². The Morgan fingerprint density at radius 1 is 1.73 bits per heavy atom. The van der Waals surface area contributed by atoms with Gasteiger partial charge in [0, 0.05) is 13.1 Å². The fraction of sp³-hybridized carbons (Fsp3) is 0.125. The Morgan fingerprint density at radius 2 is 2.45 bits per heavy atom. The van der Waals surface area contributed by atoms with Crippen molar-refractivity contribution >= 4 is 11.7 Å². The molecule has 1 radical (unpaired) electrons. The number of carbonyl (C=O) groups is 1. The van der Waals surface area contributed by atoms with E-state index in [2.05, 4.69) is 17.2 Å². The van der Waals surface area contributed by atoms with E-state index < -0.39 is 0 Å². The molecule has 0 unspecified atom stereocenters. The van der Waals surface area contributed by atoms with Crippen LogP contribution in [0.1, 0.15) is 5.56 Å². The molecule has 0 spiro atoms. The Labute approximate surface area is 65.5 Å². The maximum absolute atomic E-state index is 10.5. The van der Waals surface area contributed by atoms with Gasteiger partial charge in [-0.2, -0.15) is 0 Å². The molecule has 0 saturated carbocycles. The van der Waals surface area contributed by atoms with Crippen molar-refractivity contribution in [3.8, 4) is 0 Å². The van der Waals surface area contributed by atoms with Crippen LogP contribution >= 0.6 is 0 Å². The molecule has 0 aliphatic heterocycles. The molecule has 0 aliphatic carbocycles. The molecule has 1 N–H and O–H groups in total. The van der Waals surface area contributed by atoms with Crippen molar-refractivity contribution in [2.24, 2.45) is 0 Å². The van der Waals surface area contributed by atoms with Crippen LogP contribution in [0.15, 0.2) is 18.3 Å². The summed E-state index contributed by atoms with van der Waals surface area (Å²) >= 11 is 0. The van der Waals surface area contributed by atoms with Gasteiger partial charge in [0.05, 0.1) is 0 Å². The summed E-state index contributed by atoms with van der Waals surface area (Å²) in [6.07, 6.45) is 1.62. The van der Waals surface area contributed by atoms with Gasteiger partial charge in [-0.15, -0.1) is 0 Å². The summed E-state index contributed by atoms with van der Waals surface area (Å²) in [5, 5.41) is 2.51. The first-order chi connectivity index (χ1) is 5.20. The minimum Gasteiger partial charge on any atom is -0.310 e. The molecule has 0 saturated heterocycles. The minimum atomic E-state index is -0.341. The summed E-state index contributed by atoms with van der Waals surface area (Å²) < 4.78 is 0. The quantitative estimate of drug-likeness (QED) is 0.651. The molecular formula is C8H9N2O. The zero-order valence-electron chi connectivity index (χ0n) is 6.29. The van der Waals surface area contributed by atoms with Gasteiger partial charge >= 0.3 is 0 Å². The summed E-state index contributed by atoms with van der Waals surface area (Å²) in [6, 6.07) is 3.69. The van der Waals surface area contributed by atoms with Crippen molar-refractivity contribution in [2.45, 2.75) is 6.92 Å². The van der Waals surface area contributed by atoms with Gasteiger partial charge in [-0.1, -0.05) is 6.07 Å². The second kappa shape index (κ2) is 3.14. The zero-order chi connectivity index (χ0) is 8.27. The first-order valence-electron chi connectivity index (χ1n) is 3.24. The van der Waals surface area contributed by atoms with Crippen LogP contribution in [0, 0.1) is 13.8 Å². The lowest BCUT2D eigenvalue weighted by Gasteiger charge is -2.02. The third kappa shape index (κ3) is 2.04. The lowest BCUT2D eigenvalue weighted by Crippen LogP contribution is -2.08. The van der Waals surface area contributed by atoms with E-state index in [4.69, 9.17) is 0 Å². The number of carbonyl (C=O) groups excluding carboxylic acids is 1. The number of hydrogen-bond acceptors (Lipinski definition) is 2. The highest BCUT2D eigenvalue weighted by atomic mass is 16.1. The molecule has 1 heterocycles. The number of hydrogen-bond donors (Lipinski definition) is 1. The van der Waals surface area contributed by atoms with E-state index in [0.29, 0.717) is 5.82 Å². The standard InChI is InChI=1S/C8H9N2O/c1-6-4-3-5-9-8(6)10-7(2)11/h3-5H,2H2,1H3,(H,9,10,11). The molecule has 3 heteroatoms. The molecule has 3 nitrogen and oxygen atoms in total. The Morgan fingerprint density at radius 3 is 3.00 bits per heavy atom. The predicted molar refractivity (Wildman–Crippen MR) is 43.0 cm³/mol. The molecular weight excluding hydrogens is 140 g/mol. The highest BCUT2D eigenvalue weighted by Gasteiger charge is 1.98. The van der Waals surface area contributed by atoms with Gasteiger partial charge in [-0.3, -0.25) is 4.79 Å². The molecule has 11 heavy (non-hydrogen) atoms. The zero-order valence-corrected chi connectivity index (χ0v) is 6.29. The van der Waals surface area contributed by atoms with Gasteiger partial charge in [0.25, 0.3) is 0 Å². The third-order valence-corrected chi connectivity index (χ3v) is 1.27. The lowest BCUT2D eigenvalue weighted by molar-refractivity contribution is -0.112. The topological polar surface area (TPSA) is 42.0 Å². The van der Waals surface area contributed by atoms with Crippen LogP contribution in [0.25, 0.3) is 0 Å². The number of rotatable bonds is 1. The maximum atomic E-state index is 10.5. The van der Waals surface area contributed by atoms with Crippen molar-refractivity contribution in [1.82, 2.24) is 4.98 Å². The molecule has 57 valence electrons. The predicted octanol–water partition coefficient (Wildman–Crippen LogP) is 1.16. The van der Waals surface area contributed by atoms with Crippen LogP contribution < -0.4 is 5.32 Å². The van der Waals surface area contributed by atoms with E-state index in [1.807, 2.05) is 19.1 Å². The van der Waals surface area contributed by atoms with Gasteiger partial charge in [0.1, 0.15) is 5.82 Å². The fourth-order valence-corrected chi connectivity index (χ4v) is 0.749. The van der Waals surface area contributed by atoms with E-state index in [-0.39, 0.29) is 5.91 Å². The molecule has 1 amide bonds. The number of aryl methyl sites for hydroxylation is 1. The molecule has 0 fully saturated rings. The summed E-state index contributed by atoms with van der Waals surface area (Å²) in [6.45, 7) is 5.06. The van der Waals surface area contributed by atoms with Gasteiger partial charge in [-0.05, 0) is 18.6 Å². The van der Waals surface area contributed by atoms with Crippen LogP contribution in [0.5, 0.6) is 0 Å². The van der Waals surface area contributed by atoms with Gasteiger partial charge in [-0.25, -0.2) is 4.98 Å². The van der Waals surface area contributed by atoms with E-state index in [1.54, 1.807) is 6.20 Å². The number of anilines is 1. The third-order valence-electron chi connectivity index (χ3n) is 1.27. The van der Waals surface area contributed by atoms with Crippen molar-refractivity contribution in [3.05, 3.63) is 30.8 Å². The Kier molecular flexibility index (Phi) is 2.21. The number of pyridine rings is 1. The monoisotopic (exact) mass is 149 g/mol. The second-order valence-electron chi connectivity index (χ2n) is 2.22. The smallest absolute Gasteiger partial charge is 0.226 e. The number of amides is 1. The summed E-state index contributed by atoms with van der Waals surface area (Å²) in [4.78, 5) is 14.4. The average molecular weight is 149 g/mol. The second-order valence-corrected chi connectivity index (χ2v) is 2.22. The highest BCUT2D eigenvalue weighted by Crippen LogP contribution is 2.07. The minimum absolute atomic E-state index is 0.341. The van der Waals surface area contributed by atoms with Crippen molar-refractivity contribution in [3.63, 3.8) is 0 Å². The van der Waals surface area contributed by atoms with Crippen LogP contribution in [0.3, 0.4) is 0 Å². The number of nitrogens with zero attached hydrogens (tertiary/aromatic N) is 1. The first kappa shape index (κ1) is 7.72. The van der Waals surface area contributed by atoms with Crippen molar-refractivity contribution < 1.29 is 4.79 Å². The Hall–Kier alpha value is -1.38. The summed E-state index contributed by atoms with van der Waals surface area (Å²) in [5.41, 5.74) is 0.935. The highest BCUT2D eigenvalue weighted by molar-refractivity contribution is 5.93. The van der Waals surface area contributed by atoms with Crippen LogP contribution in [0.4, 0.5) is 5.82 Å². The van der Waals surface area contributed by atoms with Gasteiger partial charge in [0.15, 0.2) is 0 Å². The molecule has 0 bridgehead atoms. The molecule has 1 aromatic rings. The SMILES string of the molecule is [CH2]C(=O)Nc1ncccc1C. The molecule has 0 aromatic carbocycles. The molecule has 0 atom stereocenters. The number of aromatic nitrogens is 1. The van der Waals surface area contributed by atoms with E-state index >= 15 is 0 Å². The van der Waals surface area contributed by atoms with Crippen molar-refractivity contribution in [1.29, 1.82) is 0 Å². The van der Waals surface area contributed by atoms with Crippen LogP contribution in [-0.2, 0) is 4.79 Å². The largest absolute Gasteiger partial charge is 0.310 e. The lowest BCUT2D eigenvalue weighted by atomic mass is 10.3. The normalized spacial score (nSPS) is 9.27. The summed E-state index contributed by atoms with van der Waals surface area (Å²) in [7, 11) is 0. The fourth-order valence-electron chi connectivity index (χ4n) is 0.749. The van der Waals surface area contributed by atoms with Gasteiger partial charge < -0.3 is 5.32 Å². The van der Waals surface area contributed by atoms with Crippen molar-refractivity contribution in [2.75, 3.05) is 5.32 Å². The molecule has 1 aromatic heterocycles. The van der Waals surface area contributed by atoms with Gasteiger partial charge in [0.2, 0.25) is 5.91 Å². The van der Waals surface area contributed by atoms with Crippen LogP contribution in [-0.4, -0.2) is 10.9 Å².